The van der Waals surface area contributed by atoms with Crippen LogP contribution in [0.15, 0.2) is 18.3 Å². The van der Waals surface area contributed by atoms with Crippen LogP contribution < -0.4 is 5.73 Å². The summed E-state index contributed by atoms with van der Waals surface area (Å²) in [5.41, 5.74) is 7.59. The van der Waals surface area contributed by atoms with Crippen molar-refractivity contribution in [1.29, 1.82) is 0 Å². The van der Waals surface area contributed by atoms with E-state index in [9.17, 15) is 0 Å². The predicted octanol–water partition coefficient (Wildman–Crippen LogP) is 1.44. The average Bonchev–Trinajstić information content (AvgIpc) is 2.04. The van der Waals surface area contributed by atoms with Gasteiger partial charge in [-0.2, -0.15) is 0 Å². The fourth-order valence-corrected chi connectivity index (χ4v) is 1.29. The van der Waals surface area contributed by atoms with Crippen molar-refractivity contribution in [1.82, 2.24) is 4.98 Å². The number of hydrogen-bond acceptors (Lipinski definition) is 2. The molecular weight excluding hydrogens is 192 g/mol. The largest absolute Gasteiger partial charge is 0.325 e. The lowest BCUT2D eigenvalue weighted by molar-refractivity contribution is 0.966. The number of halogens is 1. The quantitative estimate of drug-likeness (QED) is 0.735. The number of rotatable bonds is 2. The highest BCUT2D eigenvalue weighted by Crippen LogP contribution is 2.07. The Morgan fingerprint density at radius 2 is 2.40 bits per heavy atom. The standard InChI is InChI=1S/C7H9BrN2/c8-4-6-2-1-3-10-7(6)5-9/h1-3H,4-5,9H2. The topological polar surface area (TPSA) is 38.9 Å². The fourth-order valence-electron chi connectivity index (χ4n) is 0.777. The van der Waals surface area contributed by atoms with Crippen LogP contribution in [-0.2, 0) is 11.9 Å². The molecule has 1 heterocycles. The molecule has 54 valence electrons. The second kappa shape index (κ2) is 3.68. The third kappa shape index (κ3) is 1.55. The van der Waals surface area contributed by atoms with Gasteiger partial charge in [-0.15, -0.1) is 0 Å². The Hall–Kier alpha value is -0.410. The first-order valence-corrected chi connectivity index (χ1v) is 4.19. The summed E-state index contributed by atoms with van der Waals surface area (Å²) in [6, 6.07) is 3.93. The molecule has 0 radical (unpaired) electrons. The summed E-state index contributed by atoms with van der Waals surface area (Å²) < 4.78 is 0. The summed E-state index contributed by atoms with van der Waals surface area (Å²) in [4.78, 5) is 4.11. The highest BCUT2D eigenvalue weighted by molar-refractivity contribution is 9.08. The summed E-state index contributed by atoms with van der Waals surface area (Å²) >= 11 is 3.35. The monoisotopic (exact) mass is 200 g/mol. The van der Waals surface area contributed by atoms with Gasteiger partial charge in [-0.1, -0.05) is 22.0 Å². The summed E-state index contributed by atoms with van der Waals surface area (Å²) in [7, 11) is 0. The first-order chi connectivity index (χ1) is 4.88. The molecule has 0 saturated heterocycles. The predicted molar refractivity (Wildman–Crippen MR) is 44.8 cm³/mol. The maximum absolute atomic E-state index is 5.44. The zero-order chi connectivity index (χ0) is 7.40. The molecule has 2 nitrogen and oxygen atoms in total. The molecule has 0 spiro atoms. The van der Waals surface area contributed by atoms with Gasteiger partial charge in [0.05, 0.1) is 5.69 Å². The minimum absolute atomic E-state index is 0.516. The highest BCUT2D eigenvalue weighted by Gasteiger charge is 1.96. The van der Waals surface area contributed by atoms with Gasteiger partial charge >= 0.3 is 0 Å². The molecule has 10 heavy (non-hydrogen) atoms. The van der Waals surface area contributed by atoms with E-state index in [1.54, 1.807) is 6.20 Å². The Kier molecular flexibility index (Phi) is 2.83. The van der Waals surface area contributed by atoms with Gasteiger partial charge in [0.25, 0.3) is 0 Å². The van der Waals surface area contributed by atoms with E-state index in [0.29, 0.717) is 6.54 Å². The SMILES string of the molecule is NCc1ncccc1CBr. The third-order valence-electron chi connectivity index (χ3n) is 1.32. The Labute approximate surface area is 68.6 Å². The number of nitrogens with two attached hydrogens (primary N) is 1. The molecule has 0 fully saturated rings. The van der Waals surface area contributed by atoms with Crippen molar-refractivity contribution in [3.05, 3.63) is 29.6 Å². The van der Waals surface area contributed by atoms with E-state index in [1.165, 1.54) is 5.56 Å². The average molecular weight is 201 g/mol. The zero-order valence-electron chi connectivity index (χ0n) is 5.55. The van der Waals surface area contributed by atoms with Crippen LogP contribution in [0.1, 0.15) is 11.3 Å². The van der Waals surface area contributed by atoms with E-state index < -0.39 is 0 Å². The molecule has 1 rings (SSSR count). The van der Waals surface area contributed by atoms with Gasteiger partial charge in [0.1, 0.15) is 0 Å². The van der Waals surface area contributed by atoms with Crippen LogP contribution in [0.25, 0.3) is 0 Å². The molecule has 1 aromatic rings. The molecule has 0 saturated carbocycles. The second-order valence-electron chi connectivity index (χ2n) is 1.95. The molecule has 0 atom stereocenters. The first-order valence-electron chi connectivity index (χ1n) is 3.07. The van der Waals surface area contributed by atoms with Crippen molar-refractivity contribution >= 4 is 15.9 Å². The lowest BCUT2D eigenvalue weighted by Crippen LogP contribution is -2.02. The van der Waals surface area contributed by atoms with Crippen LogP contribution in [0.5, 0.6) is 0 Å². The number of pyridine rings is 1. The van der Waals surface area contributed by atoms with Gasteiger partial charge in [0, 0.05) is 18.1 Å². The van der Waals surface area contributed by atoms with Crippen LogP contribution in [0.4, 0.5) is 0 Å². The number of aromatic nitrogens is 1. The summed E-state index contributed by atoms with van der Waals surface area (Å²) in [5.74, 6) is 0. The van der Waals surface area contributed by atoms with Gasteiger partial charge in [-0.05, 0) is 11.6 Å². The minimum atomic E-state index is 0.516. The number of hydrogen-bond donors (Lipinski definition) is 1. The lowest BCUT2D eigenvalue weighted by atomic mass is 10.2. The van der Waals surface area contributed by atoms with E-state index in [1.807, 2.05) is 12.1 Å². The molecule has 0 aromatic carbocycles. The van der Waals surface area contributed by atoms with Gasteiger partial charge < -0.3 is 5.73 Å². The molecule has 0 unspecified atom stereocenters. The van der Waals surface area contributed by atoms with E-state index in [-0.39, 0.29) is 0 Å². The maximum atomic E-state index is 5.44. The Morgan fingerprint density at radius 3 is 2.90 bits per heavy atom. The molecule has 0 aliphatic rings. The molecule has 0 aliphatic carbocycles. The Bertz CT molecular complexity index is 190. The summed E-state index contributed by atoms with van der Waals surface area (Å²) in [6.45, 7) is 0.516. The van der Waals surface area contributed by atoms with Crippen LogP contribution in [0, 0.1) is 0 Å². The Balaban J connectivity index is 2.96. The van der Waals surface area contributed by atoms with E-state index >= 15 is 0 Å². The second-order valence-corrected chi connectivity index (χ2v) is 2.51. The summed E-state index contributed by atoms with van der Waals surface area (Å²) in [6.07, 6.45) is 1.76. The molecule has 2 N–H and O–H groups in total. The highest BCUT2D eigenvalue weighted by atomic mass is 79.9. The minimum Gasteiger partial charge on any atom is -0.325 e. The van der Waals surface area contributed by atoms with E-state index in [4.69, 9.17) is 5.73 Å². The van der Waals surface area contributed by atoms with Gasteiger partial charge in [0.15, 0.2) is 0 Å². The molecular formula is C7H9BrN2. The van der Waals surface area contributed by atoms with Gasteiger partial charge in [-0.3, -0.25) is 4.98 Å². The Morgan fingerprint density at radius 1 is 1.60 bits per heavy atom. The van der Waals surface area contributed by atoms with Gasteiger partial charge in [0.2, 0.25) is 0 Å². The summed E-state index contributed by atoms with van der Waals surface area (Å²) in [5, 5.41) is 0.827. The van der Waals surface area contributed by atoms with Crippen molar-refractivity contribution < 1.29 is 0 Å². The molecule has 0 amide bonds. The zero-order valence-corrected chi connectivity index (χ0v) is 7.13. The third-order valence-corrected chi connectivity index (χ3v) is 1.93. The van der Waals surface area contributed by atoms with Crippen molar-refractivity contribution in [3.8, 4) is 0 Å². The molecule has 1 aromatic heterocycles. The first kappa shape index (κ1) is 7.69. The van der Waals surface area contributed by atoms with E-state index in [2.05, 4.69) is 20.9 Å². The normalized spacial score (nSPS) is 9.80. The molecule has 0 bridgehead atoms. The van der Waals surface area contributed by atoms with Crippen LogP contribution in [0.3, 0.4) is 0 Å². The molecule has 3 heteroatoms. The van der Waals surface area contributed by atoms with Crippen LogP contribution in [0.2, 0.25) is 0 Å². The fraction of sp³-hybridized carbons (Fsp3) is 0.286. The molecule has 0 aliphatic heterocycles. The number of nitrogens with zero attached hydrogens (tertiary/aromatic N) is 1. The van der Waals surface area contributed by atoms with Crippen molar-refractivity contribution in [3.63, 3.8) is 0 Å². The van der Waals surface area contributed by atoms with E-state index in [0.717, 1.165) is 11.0 Å². The van der Waals surface area contributed by atoms with Crippen molar-refractivity contribution in [2.24, 2.45) is 5.73 Å². The smallest absolute Gasteiger partial charge is 0.0579 e. The lowest BCUT2D eigenvalue weighted by Gasteiger charge is -2.00. The van der Waals surface area contributed by atoms with Crippen molar-refractivity contribution in [2.75, 3.05) is 0 Å². The van der Waals surface area contributed by atoms with Crippen molar-refractivity contribution in [2.45, 2.75) is 11.9 Å². The van der Waals surface area contributed by atoms with Crippen LogP contribution in [-0.4, -0.2) is 4.98 Å². The maximum Gasteiger partial charge on any atom is 0.0579 e. The number of alkyl halides is 1. The van der Waals surface area contributed by atoms with Gasteiger partial charge in [-0.25, -0.2) is 0 Å². The van der Waals surface area contributed by atoms with Crippen LogP contribution >= 0.6 is 15.9 Å².